The van der Waals surface area contributed by atoms with E-state index in [0.29, 0.717) is 28.3 Å². The summed E-state index contributed by atoms with van der Waals surface area (Å²) in [5.41, 5.74) is 1.27. The van der Waals surface area contributed by atoms with Gasteiger partial charge in [-0.25, -0.2) is 0 Å². The summed E-state index contributed by atoms with van der Waals surface area (Å²) in [5, 5.41) is 5.70. The molecule has 0 aliphatic rings. The largest absolute Gasteiger partial charge is 0.493 e. The van der Waals surface area contributed by atoms with Gasteiger partial charge in [-0.2, -0.15) is 0 Å². The lowest BCUT2D eigenvalue weighted by atomic mass is 10.1. The first-order chi connectivity index (χ1) is 12.5. The van der Waals surface area contributed by atoms with E-state index in [0.717, 1.165) is 6.42 Å². The quantitative estimate of drug-likeness (QED) is 0.796. The molecule has 138 valence electrons. The lowest BCUT2D eigenvalue weighted by Crippen LogP contribution is -2.32. The fourth-order valence-electron chi connectivity index (χ4n) is 2.37. The number of anilines is 1. The normalized spacial score (nSPS) is 11.4. The SMILES string of the molecule is CC[C@@H](C)NC(=O)c1ccccc1NC(=O)c1ccc(OC)c(OC)c1. The maximum Gasteiger partial charge on any atom is 0.255 e. The highest BCUT2D eigenvalue weighted by molar-refractivity contribution is 6.09. The number of nitrogens with one attached hydrogen (secondary N) is 2. The Balaban J connectivity index is 2.23. The number of carbonyl (C=O) groups is 2. The van der Waals surface area contributed by atoms with E-state index in [1.54, 1.807) is 42.5 Å². The minimum Gasteiger partial charge on any atom is -0.493 e. The van der Waals surface area contributed by atoms with Crippen LogP contribution >= 0.6 is 0 Å². The molecule has 2 rings (SSSR count). The summed E-state index contributed by atoms with van der Waals surface area (Å²) in [5.74, 6) is 0.442. The molecular weight excluding hydrogens is 332 g/mol. The van der Waals surface area contributed by atoms with Gasteiger partial charge in [0.05, 0.1) is 25.5 Å². The second-order valence-corrected chi connectivity index (χ2v) is 5.85. The molecule has 0 saturated carbocycles. The number of hydrogen-bond acceptors (Lipinski definition) is 4. The molecule has 2 aromatic rings. The Kier molecular flexibility index (Phi) is 6.60. The van der Waals surface area contributed by atoms with Crippen LogP contribution < -0.4 is 20.1 Å². The monoisotopic (exact) mass is 356 g/mol. The van der Waals surface area contributed by atoms with Crippen LogP contribution in [-0.4, -0.2) is 32.1 Å². The van der Waals surface area contributed by atoms with Crippen molar-refractivity contribution in [1.82, 2.24) is 5.32 Å². The molecule has 6 nitrogen and oxygen atoms in total. The molecule has 0 radical (unpaired) electrons. The molecule has 2 aromatic carbocycles. The molecule has 6 heteroatoms. The summed E-state index contributed by atoms with van der Waals surface area (Å²) < 4.78 is 10.4. The van der Waals surface area contributed by atoms with Gasteiger partial charge in [0, 0.05) is 11.6 Å². The predicted octanol–water partition coefficient (Wildman–Crippen LogP) is 3.48. The second-order valence-electron chi connectivity index (χ2n) is 5.85. The predicted molar refractivity (Wildman–Crippen MR) is 101 cm³/mol. The van der Waals surface area contributed by atoms with Gasteiger partial charge in [0.1, 0.15) is 0 Å². The number of amides is 2. The van der Waals surface area contributed by atoms with Crippen molar-refractivity contribution in [2.24, 2.45) is 0 Å². The zero-order valence-electron chi connectivity index (χ0n) is 15.5. The molecule has 2 N–H and O–H groups in total. The third kappa shape index (κ3) is 4.53. The van der Waals surface area contributed by atoms with E-state index in [1.807, 2.05) is 13.8 Å². The van der Waals surface area contributed by atoms with Crippen LogP contribution in [0.1, 0.15) is 41.0 Å². The fourth-order valence-corrected chi connectivity index (χ4v) is 2.37. The van der Waals surface area contributed by atoms with Gasteiger partial charge in [0.2, 0.25) is 0 Å². The van der Waals surface area contributed by atoms with Gasteiger partial charge in [0.25, 0.3) is 11.8 Å². The molecule has 2 amide bonds. The number of carbonyl (C=O) groups excluding carboxylic acids is 2. The molecule has 0 aliphatic carbocycles. The highest BCUT2D eigenvalue weighted by atomic mass is 16.5. The van der Waals surface area contributed by atoms with Crippen molar-refractivity contribution in [1.29, 1.82) is 0 Å². The summed E-state index contributed by atoms with van der Waals surface area (Å²) in [6.07, 6.45) is 0.825. The van der Waals surface area contributed by atoms with Crippen molar-refractivity contribution in [3.8, 4) is 11.5 Å². The van der Waals surface area contributed by atoms with E-state index in [-0.39, 0.29) is 17.9 Å². The van der Waals surface area contributed by atoms with E-state index >= 15 is 0 Å². The Labute approximate surface area is 153 Å². The van der Waals surface area contributed by atoms with E-state index in [1.165, 1.54) is 14.2 Å². The molecule has 0 heterocycles. The third-order valence-corrected chi connectivity index (χ3v) is 4.06. The first-order valence-electron chi connectivity index (χ1n) is 8.43. The van der Waals surface area contributed by atoms with Gasteiger partial charge in [0.15, 0.2) is 11.5 Å². The molecule has 0 spiro atoms. The zero-order chi connectivity index (χ0) is 19.1. The van der Waals surface area contributed by atoms with Crippen molar-refractivity contribution in [3.05, 3.63) is 53.6 Å². The molecule has 0 fully saturated rings. The van der Waals surface area contributed by atoms with E-state index < -0.39 is 0 Å². The van der Waals surface area contributed by atoms with Crippen LogP contribution in [0.3, 0.4) is 0 Å². The average molecular weight is 356 g/mol. The number of hydrogen-bond donors (Lipinski definition) is 2. The Hall–Kier alpha value is -3.02. The van der Waals surface area contributed by atoms with Crippen LogP contribution in [0.4, 0.5) is 5.69 Å². The van der Waals surface area contributed by atoms with Crippen molar-refractivity contribution in [3.63, 3.8) is 0 Å². The number of rotatable bonds is 7. The number of benzene rings is 2. The summed E-state index contributed by atoms with van der Waals surface area (Å²) in [7, 11) is 3.04. The Bertz CT molecular complexity index is 789. The summed E-state index contributed by atoms with van der Waals surface area (Å²) in [6, 6.07) is 11.9. The molecule has 26 heavy (non-hydrogen) atoms. The maximum absolute atomic E-state index is 12.6. The highest BCUT2D eigenvalue weighted by Gasteiger charge is 2.16. The molecule has 0 aromatic heterocycles. The molecule has 0 aliphatic heterocycles. The Morgan fingerprint density at radius 1 is 1.00 bits per heavy atom. The standard InChI is InChI=1S/C20H24N2O4/c1-5-13(2)21-20(24)15-8-6-7-9-16(15)22-19(23)14-10-11-17(25-3)18(12-14)26-4/h6-13H,5H2,1-4H3,(H,21,24)(H,22,23)/t13-/m1/s1. The van der Waals surface area contributed by atoms with Crippen molar-refractivity contribution in [2.45, 2.75) is 26.3 Å². The number of methoxy groups -OCH3 is 2. The van der Waals surface area contributed by atoms with E-state index in [2.05, 4.69) is 10.6 Å². The van der Waals surface area contributed by atoms with Crippen LogP contribution in [0.15, 0.2) is 42.5 Å². The van der Waals surface area contributed by atoms with Crippen molar-refractivity contribution < 1.29 is 19.1 Å². The lowest BCUT2D eigenvalue weighted by Gasteiger charge is -2.15. The molecule has 1 atom stereocenters. The topological polar surface area (TPSA) is 76.7 Å². The summed E-state index contributed by atoms with van der Waals surface area (Å²) in [4.78, 5) is 25.0. The summed E-state index contributed by atoms with van der Waals surface area (Å²) in [6.45, 7) is 3.93. The molecular formula is C20H24N2O4. The maximum atomic E-state index is 12.6. The van der Waals surface area contributed by atoms with Crippen LogP contribution in [0.25, 0.3) is 0 Å². The zero-order valence-corrected chi connectivity index (χ0v) is 15.5. The van der Waals surface area contributed by atoms with Crippen molar-refractivity contribution >= 4 is 17.5 Å². The first-order valence-corrected chi connectivity index (χ1v) is 8.43. The smallest absolute Gasteiger partial charge is 0.255 e. The van der Waals surface area contributed by atoms with Gasteiger partial charge in [-0.05, 0) is 43.7 Å². The minimum atomic E-state index is -0.338. The van der Waals surface area contributed by atoms with Crippen LogP contribution in [0, 0.1) is 0 Å². The van der Waals surface area contributed by atoms with Gasteiger partial charge >= 0.3 is 0 Å². The number of para-hydroxylation sites is 1. The minimum absolute atomic E-state index is 0.0529. The molecule has 0 saturated heterocycles. The van der Waals surface area contributed by atoms with Crippen LogP contribution in [0.2, 0.25) is 0 Å². The molecule has 0 bridgehead atoms. The fraction of sp³-hybridized carbons (Fsp3) is 0.300. The summed E-state index contributed by atoms with van der Waals surface area (Å²) >= 11 is 0. The number of ether oxygens (including phenoxy) is 2. The lowest BCUT2D eigenvalue weighted by molar-refractivity contribution is 0.0940. The van der Waals surface area contributed by atoms with Gasteiger partial charge in [-0.1, -0.05) is 19.1 Å². The van der Waals surface area contributed by atoms with Crippen LogP contribution in [-0.2, 0) is 0 Å². The average Bonchev–Trinajstić information content (AvgIpc) is 2.67. The highest BCUT2D eigenvalue weighted by Crippen LogP contribution is 2.28. The first kappa shape index (κ1) is 19.3. The van der Waals surface area contributed by atoms with Gasteiger partial charge in [-0.3, -0.25) is 9.59 Å². The van der Waals surface area contributed by atoms with Crippen molar-refractivity contribution in [2.75, 3.05) is 19.5 Å². The van der Waals surface area contributed by atoms with Gasteiger partial charge < -0.3 is 20.1 Å². The molecule has 0 unspecified atom stereocenters. The Morgan fingerprint density at radius 3 is 2.35 bits per heavy atom. The second kappa shape index (κ2) is 8.89. The van der Waals surface area contributed by atoms with E-state index in [4.69, 9.17) is 9.47 Å². The Morgan fingerprint density at radius 2 is 1.69 bits per heavy atom. The van der Waals surface area contributed by atoms with Gasteiger partial charge in [-0.15, -0.1) is 0 Å². The van der Waals surface area contributed by atoms with E-state index in [9.17, 15) is 9.59 Å². The van der Waals surface area contributed by atoms with Crippen LogP contribution in [0.5, 0.6) is 11.5 Å². The third-order valence-electron chi connectivity index (χ3n) is 4.06.